The Morgan fingerprint density at radius 1 is 0.667 bits per heavy atom. The Labute approximate surface area is 144 Å². The predicted molar refractivity (Wildman–Crippen MR) is 102 cm³/mol. The second kappa shape index (κ2) is 10.1. The largest absolute Gasteiger partial charge is 0.353 e. The van der Waals surface area contributed by atoms with E-state index in [1.54, 1.807) is 12.2 Å². The predicted octanol–water partition coefficient (Wildman–Crippen LogP) is 4.71. The fraction of sp³-hybridized carbons (Fsp3) is 0.182. The van der Waals surface area contributed by atoms with E-state index in [1.807, 2.05) is 26.0 Å². The molecule has 0 heterocycles. The minimum atomic E-state index is 0.635. The molecule has 0 amide bonds. The first-order valence-electron chi connectivity index (χ1n) is 8.11. The van der Waals surface area contributed by atoms with Crippen molar-refractivity contribution in [2.45, 2.75) is 13.8 Å². The molecule has 2 nitrogen and oxygen atoms in total. The fourth-order valence-corrected chi connectivity index (χ4v) is 2.10. The summed E-state index contributed by atoms with van der Waals surface area (Å²) in [6.45, 7) is 5.14. The molecule has 0 fully saturated rings. The topological polar surface area (TPSA) is 22.6 Å². The highest BCUT2D eigenvalue weighted by molar-refractivity contribution is 5.77. The molecular weight excluding hydrogens is 296 g/mol. The van der Waals surface area contributed by atoms with Gasteiger partial charge in [0.15, 0.2) is 0 Å². The van der Waals surface area contributed by atoms with Crippen LogP contribution in [0.5, 0.6) is 0 Å². The summed E-state index contributed by atoms with van der Waals surface area (Å²) in [5.41, 5.74) is 4.61. The highest BCUT2D eigenvalue weighted by Crippen LogP contribution is 2.21. The molecule has 0 aliphatic heterocycles. The third-order valence-electron chi connectivity index (χ3n) is 3.30. The van der Waals surface area contributed by atoms with Crippen molar-refractivity contribution in [3.05, 3.63) is 71.8 Å². The molecule has 2 aromatic rings. The molecule has 24 heavy (non-hydrogen) atoms. The van der Waals surface area contributed by atoms with Gasteiger partial charge in [-0.1, -0.05) is 48.5 Å². The van der Waals surface area contributed by atoms with Crippen LogP contribution >= 0.6 is 0 Å². The van der Waals surface area contributed by atoms with Crippen molar-refractivity contribution < 1.29 is 8.85 Å². The lowest BCUT2D eigenvalue weighted by Gasteiger charge is -2.05. The minimum absolute atomic E-state index is 0.635. The molecule has 0 atom stereocenters. The molecule has 0 saturated heterocycles. The molecule has 2 aromatic carbocycles. The maximum atomic E-state index is 5.05. The Hall–Kier alpha value is -2.74. The number of hydrogen-bond donors (Lipinski definition) is 0. The molecule has 0 aromatic heterocycles. The molecule has 0 N–H and O–H groups in total. The van der Waals surface area contributed by atoms with Crippen molar-refractivity contribution in [2.24, 2.45) is 0 Å². The van der Waals surface area contributed by atoms with Crippen LogP contribution in [0.3, 0.4) is 0 Å². The van der Waals surface area contributed by atoms with Crippen molar-refractivity contribution in [1.82, 2.24) is 0 Å². The SMILES string of the molecule is CC[O+]=[C-]/C=C/c1ccc(-c2ccc(/C=C/[C-]=[O+]CC)cc2)cc1. The molecule has 0 spiro atoms. The standard InChI is InChI=1S/C22H22O2/c1-3-23-17-5-7-19-9-13-21(14-10-19)22-15-11-20(12-16-22)8-6-18-24-4-2/h5-16H,3-4H2,1-2H3/b7-5+,8-6+. The van der Waals surface area contributed by atoms with Crippen LogP contribution in [0.4, 0.5) is 0 Å². The van der Waals surface area contributed by atoms with Gasteiger partial charge >= 0.3 is 0 Å². The van der Waals surface area contributed by atoms with Crippen LogP contribution in [0.2, 0.25) is 0 Å². The fourth-order valence-electron chi connectivity index (χ4n) is 2.10. The van der Waals surface area contributed by atoms with E-state index in [9.17, 15) is 0 Å². The van der Waals surface area contributed by atoms with E-state index in [0.717, 1.165) is 11.1 Å². The number of benzene rings is 2. The van der Waals surface area contributed by atoms with Crippen LogP contribution in [0, 0.1) is 0 Å². The average molecular weight is 318 g/mol. The van der Waals surface area contributed by atoms with Gasteiger partial charge in [0.1, 0.15) is 0 Å². The van der Waals surface area contributed by atoms with E-state index >= 15 is 0 Å². The summed E-state index contributed by atoms with van der Waals surface area (Å²) in [7, 11) is 0. The number of rotatable bonds is 7. The first-order chi connectivity index (χ1) is 11.8. The van der Waals surface area contributed by atoms with Gasteiger partial charge in [0, 0.05) is 13.8 Å². The molecule has 2 rings (SSSR count). The summed E-state index contributed by atoms with van der Waals surface area (Å²) < 4.78 is 10.1. The molecule has 2 heteroatoms. The molecule has 0 radical (unpaired) electrons. The van der Waals surface area contributed by atoms with Crippen molar-refractivity contribution in [2.75, 3.05) is 13.2 Å². The second-order valence-electron chi connectivity index (χ2n) is 5.01. The molecule has 0 aliphatic rings. The Morgan fingerprint density at radius 2 is 1.04 bits per heavy atom. The van der Waals surface area contributed by atoms with Crippen LogP contribution < -0.4 is 0 Å². The quantitative estimate of drug-likeness (QED) is 0.401. The summed E-state index contributed by atoms with van der Waals surface area (Å²) in [6, 6.07) is 16.8. The van der Waals surface area contributed by atoms with Gasteiger partial charge in [0.2, 0.25) is 25.8 Å². The van der Waals surface area contributed by atoms with E-state index in [0.29, 0.717) is 13.2 Å². The minimum Gasteiger partial charge on any atom is -0.353 e. The lowest BCUT2D eigenvalue weighted by atomic mass is 10.0. The monoisotopic (exact) mass is 318 g/mol. The molecule has 0 aliphatic carbocycles. The van der Waals surface area contributed by atoms with Crippen LogP contribution in [-0.2, 0) is 8.85 Å². The smallest absolute Gasteiger partial charge is 0.236 e. The van der Waals surface area contributed by atoms with E-state index in [1.165, 1.54) is 11.1 Å². The number of allylic oxidation sites excluding steroid dienone is 2. The number of hydrogen-bond acceptors (Lipinski definition) is 0. The molecule has 0 saturated carbocycles. The van der Waals surface area contributed by atoms with Gasteiger partial charge in [-0.25, -0.2) is 0 Å². The lowest BCUT2D eigenvalue weighted by Crippen LogP contribution is -1.81. The average Bonchev–Trinajstić information content (AvgIpc) is 2.64. The van der Waals surface area contributed by atoms with Crippen LogP contribution in [-0.4, -0.2) is 25.8 Å². The van der Waals surface area contributed by atoms with E-state index in [2.05, 4.69) is 61.1 Å². The summed E-state index contributed by atoms with van der Waals surface area (Å²) in [5.74, 6) is 0. The van der Waals surface area contributed by atoms with E-state index in [-0.39, 0.29) is 0 Å². The Kier molecular flexibility index (Phi) is 7.42. The molecule has 0 unspecified atom stereocenters. The highest BCUT2D eigenvalue weighted by Gasteiger charge is 1.95. The maximum Gasteiger partial charge on any atom is 0.236 e. The van der Waals surface area contributed by atoms with Gasteiger partial charge in [-0.15, -0.1) is 23.3 Å². The first kappa shape index (κ1) is 17.6. The molecule has 0 bridgehead atoms. The van der Waals surface area contributed by atoms with Crippen molar-refractivity contribution in [3.63, 3.8) is 0 Å². The van der Waals surface area contributed by atoms with Crippen LogP contribution in [0.25, 0.3) is 23.3 Å². The van der Waals surface area contributed by atoms with E-state index < -0.39 is 0 Å². The van der Waals surface area contributed by atoms with Crippen molar-refractivity contribution in [1.29, 1.82) is 0 Å². The normalized spacial score (nSPS) is 12.2. The van der Waals surface area contributed by atoms with Gasteiger partial charge in [0.05, 0.1) is 0 Å². The lowest BCUT2D eigenvalue weighted by molar-refractivity contribution is 0.124. The molecule has 122 valence electrons. The summed E-state index contributed by atoms with van der Waals surface area (Å²) >= 11 is 0. The van der Waals surface area contributed by atoms with Crippen molar-refractivity contribution in [3.8, 4) is 11.1 Å². The number of carbonyl (C=O) groups excluding carboxylic acids is 2. The Balaban J connectivity index is 2.03. The van der Waals surface area contributed by atoms with Crippen LogP contribution in [0.1, 0.15) is 25.0 Å². The summed E-state index contributed by atoms with van der Waals surface area (Å²) in [6.07, 6.45) is 13.0. The van der Waals surface area contributed by atoms with Crippen molar-refractivity contribution >= 4 is 24.7 Å². The van der Waals surface area contributed by atoms with Gasteiger partial charge in [0.25, 0.3) is 0 Å². The first-order valence-corrected chi connectivity index (χ1v) is 8.11. The molecular formula is C22H22O2. The van der Waals surface area contributed by atoms with Gasteiger partial charge < -0.3 is 8.85 Å². The van der Waals surface area contributed by atoms with Crippen LogP contribution in [0.15, 0.2) is 60.7 Å². The van der Waals surface area contributed by atoms with E-state index in [4.69, 9.17) is 8.85 Å². The van der Waals surface area contributed by atoms with Gasteiger partial charge in [-0.05, 0) is 11.1 Å². The Morgan fingerprint density at radius 3 is 1.38 bits per heavy atom. The third-order valence-corrected chi connectivity index (χ3v) is 3.30. The zero-order chi connectivity index (χ0) is 17.0. The van der Waals surface area contributed by atoms with Gasteiger partial charge in [-0.2, -0.15) is 12.2 Å². The second-order valence-corrected chi connectivity index (χ2v) is 5.01. The summed E-state index contributed by atoms with van der Waals surface area (Å²) in [4.78, 5) is 0. The van der Waals surface area contributed by atoms with Gasteiger partial charge in [-0.3, -0.25) is 0 Å². The Bertz CT molecular complexity index is 652. The zero-order valence-electron chi connectivity index (χ0n) is 14.2. The maximum absolute atomic E-state index is 5.05. The third kappa shape index (κ3) is 5.81. The highest BCUT2D eigenvalue weighted by atomic mass is 16.4. The zero-order valence-corrected chi connectivity index (χ0v) is 14.2. The summed E-state index contributed by atoms with van der Waals surface area (Å²) in [5, 5.41) is 0.